The van der Waals surface area contributed by atoms with E-state index in [1.807, 2.05) is 11.0 Å². The Balaban J connectivity index is 1.84. The molecule has 2 unspecified atom stereocenters. The summed E-state index contributed by atoms with van der Waals surface area (Å²) >= 11 is 12.2. The second kappa shape index (κ2) is 10.5. The van der Waals surface area contributed by atoms with E-state index < -0.39 is 17.6 Å². The molecular formula is C22H23Cl2F4N3O2. The highest BCUT2D eigenvalue weighted by molar-refractivity contribution is 6.42. The number of halogens is 6. The number of rotatable bonds is 6. The molecule has 2 amide bonds. The number of aliphatic hydroxyl groups is 1. The summed E-state index contributed by atoms with van der Waals surface area (Å²) < 4.78 is 52.6. The molecule has 0 aromatic heterocycles. The van der Waals surface area contributed by atoms with Gasteiger partial charge in [-0.2, -0.15) is 13.2 Å². The Labute approximate surface area is 198 Å². The van der Waals surface area contributed by atoms with Gasteiger partial charge in [0, 0.05) is 38.1 Å². The van der Waals surface area contributed by atoms with Crippen LogP contribution in [0.2, 0.25) is 10.0 Å². The van der Waals surface area contributed by atoms with Crippen molar-refractivity contribution in [3.8, 4) is 0 Å². The Kier molecular flexibility index (Phi) is 8.10. The van der Waals surface area contributed by atoms with Gasteiger partial charge in [-0.15, -0.1) is 0 Å². The molecule has 3 rings (SSSR count). The van der Waals surface area contributed by atoms with Gasteiger partial charge in [-0.25, -0.2) is 9.18 Å². The molecule has 1 aliphatic heterocycles. The summed E-state index contributed by atoms with van der Waals surface area (Å²) in [5.41, 5.74) is -0.0911. The summed E-state index contributed by atoms with van der Waals surface area (Å²) in [5.74, 6) is -1.50. The van der Waals surface area contributed by atoms with Crippen LogP contribution >= 0.6 is 23.2 Å². The first kappa shape index (κ1) is 25.6. The molecule has 0 saturated carbocycles. The molecule has 2 N–H and O–H groups in total. The molecule has 2 aromatic rings. The lowest BCUT2D eigenvalue weighted by molar-refractivity contribution is -0.140. The van der Waals surface area contributed by atoms with Crippen LogP contribution in [-0.2, 0) is 12.7 Å². The zero-order chi connectivity index (χ0) is 24.3. The van der Waals surface area contributed by atoms with Crippen molar-refractivity contribution in [3.63, 3.8) is 0 Å². The van der Waals surface area contributed by atoms with Gasteiger partial charge in [-0.3, -0.25) is 4.90 Å². The Bertz CT molecular complexity index is 1010. The lowest BCUT2D eigenvalue weighted by atomic mass is 9.93. The molecule has 1 heterocycles. The van der Waals surface area contributed by atoms with Crippen LogP contribution in [0.5, 0.6) is 0 Å². The predicted octanol–water partition coefficient (Wildman–Crippen LogP) is 4.75. The fraction of sp³-hybridized carbons (Fsp3) is 0.409. The number of alkyl halides is 3. The summed E-state index contributed by atoms with van der Waals surface area (Å²) in [6.07, 6.45) is -4.76. The number of urea groups is 1. The number of hydrogen-bond donors (Lipinski definition) is 2. The number of hydrogen-bond acceptors (Lipinski definition) is 3. The molecular weight excluding hydrogens is 485 g/mol. The maximum atomic E-state index is 14.0. The van der Waals surface area contributed by atoms with Gasteiger partial charge >= 0.3 is 12.2 Å². The quantitative estimate of drug-likeness (QED) is 0.554. The van der Waals surface area contributed by atoms with Gasteiger partial charge in [0.15, 0.2) is 0 Å². The van der Waals surface area contributed by atoms with Crippen LogP contribution in [0.4, 0.5) is 22.4 Å². The number of likely N-dealkylation sites (tertiary alicyclic amines) is 1. The number of amides is 2. The summed E-state index contributed by atoms with van der Waals surface area (Å²) in [6, 6.07) is 7.49. The minimum atomic E-state index is -4.76. The fourth-order valence-corrected chi connectivity index (χ4v) is 4.34. The van der Waals surface area contributed by atoms with E-state index in [1.165, 1.54) is 6.07 Å². The van der Waals surface area contributed by atoms with Crippen LogP contribution in [0.3, 0.4) is 0 Å². The second-order valence-electron chi connectivity index (χ2n) is 7.93. The standard InChI is InChI=1S/C22H23Cl2F4N3O2/c1-30(10-13-2-4-16(19(25)8-13)22(26,27)28)20-12-31(21(33)29-6-7-32)11-15(20)14-3-5-17(23)18(24)9-14/h2-5,8-9,15,20,32H,6-7,10-12H2,1H3,(H,29,33). The van der Waals surface area contributed by atoms with Crippen LogP contribution in [0, 0.1) is 5.82 Å². The molecule has 33 heavy (non-hydrogen) atoms. The molecule has 1 saturated heterocycles. The minimum absolute atomic E-state index is 0.109. The smallest absolute Gasteiger partial charge is 0.395 e. The third kappa shape index (κ3) is 6.09. The first-order chi connectivity index (χ1) is 15.5. The SMILES string of the molecule is CN(Cc1ccc(C(F)(F)F)c(F)c1)C1CN(C(=O)NCCO)CC1c1ccc(Cl)c(Cl)c1. The van der Waals surface area contributed by atoms with E-state index in [0.29, 0.717) is 28.7 Å². The summed E-state index contributed by atoms with van der Waals surface area (Å²) in [4.78, 5) is 16.0. The number of carbonyl (C=O) groups is 1. The van der Waals surface area contributed by atoms with Gasteiger partial charge < -0.3 is 15.3 Å². The van der Waals surface area contributed by atoms with Crippen molar-refractivity contribution >= 4 is 29.2 Å². The van der Waals surface area contributed by atoms with E-state index in [2.05, 4.69) is 5.32 Å². The Morgan fingerprint density at radius 1 is 1.18 bits per heavy atom. The van der Waals surface area contributed by atoms with Crippen LogP contribution in [0.1, 0.15) is 22.6 Å². The van der Waals surface area contributed by atoms with E-state index in [9.17, 15) is 22.4 Å². The Morgan fingerprint density at radius 2 is 1.91 bits per heavy atom. The van der Waals surface area contributed by atoms with Gasteiger partial charge in [-0.05, 0) is 42.4 Å². The third-order valence-corrected chi connectivity index (χ3v) is 6.41. The topological polar surface area (TPSA) is 55.8 Å². The largest absolute Gasteiger partial charge is 0.419 e. The molecule has 1 aliphatic rings. The van der Waals surface area contributed by atoms with Crippen molar-refractivity contribution in [2.24, 2.45) is 0 Å². The van der Waals surface area contributed by atoms with Gasteiger partial charge in [0.1, 0.15) is 5.82 Å². The lowest BCUT2D eigenvalue weighted by Gasteiger charge is -2.29. The van der Waals surface area contributed by atoms with Crippen LogP contribution in [0.25, 0.3) is 0 Å². The molecule has 5 nitrogen and oxygen atoms in total. The first-order valence-corrected chi connectivity index (χ1v) is 10.9. The average molecular weight is 508 g/mol. The van der Waals surface area contributed by atoms with E-state index in [-0.39, 0.29) is 37.7 Å². The van der Waals surface area contributed by atoms with Gasteiger partial charge in [0.25, 0.3) is 0 Å². The highest BCUT2D eigenvalue weighted by Crippen LogP contribution is 2.35. The lowest BCUT2D eigenvalue weighted by Crippen LogP contribution is -2.42. The van der Waals surface area contributed by atoms with Crippen molar-refractivity contribution in [2.45, 2.75) is 24.7 Å². The highest BCUT2D eigenvalue weighted by atomic mass is 35.5. The molecule has 0 radical (unpaired) electrons. The van der Waals surface area contributed by atoms with Gasteiger partial charge in [0.2, 0.25) is 0 Å². The molecule has 2 aromatic carbocycles. The number of likely N-dealkylation sites (N-methyl/N-ethyl adjacent to an activating group) is 1. The Morgan fingerprint density at radius 3 is 2.52 bits per heavy atom. The Hall–Kier alpha value is -2.07. The summed E-state index contributed by atoms with van der Waals surface area (Å²) in [5, 5.41) is 12.3. The van der Waals surface area contributed by atoms with E-state index >= 15 is 0 Å². The molecule has 0 bridgehead atoms. The number of carbonyl (C=O) groups excluding carboxylic acids is 1. The number of benzene rings is 2. The number of nitrogens with zero attached hydrogens (tertiary/aromatic N) is 2. The van der Waals surface area contributed by atoms with Gasteiger partial charge in [0.05, 0.1) is 22.2 Å². The zero-order valence-corrected chi connectivity index (χ0v) is 19.2. The monoisotopic (exact) mass is 507 g/mol. The third-order valence-electron chi connectivity index (χ3n) is 5.67. The van der Waals surface area contributed by atoms with E-state index in [4.69, 9.17) is 28.3 Å². The molecule has 0 spiro atoms. The predicted molar refractivity (Wildman–Crippen MR) is 118 cm³/mol. The summed E-state index contributed by atoms with van der Waals surface area (Å²) in [7, 11) is 1.76. The van der Waals surface area contributed by atoms with Crippen LogP contribution in [0.15, 0.2) is 36.4 Å². The van der Waals surface area contributed by atoms with E-state index in [1.54, 1.807) is 24.1 Å². The van der Waals surface area contributed by atoms with Crippen molar-refractivity contribution < 1.29 is 27.5 Å². The maximum Gasteiger partial charge on any atom is 0.419 e. The van der Waals surface area contributed by atoms with Gasteiger partial charge in [-0.1, -0.05) is 35.3 Å². The number of nitrogens with one attached hydrogen (secondary N) is 1. The fourth-order valence-electron chi connectivity index (χ4n) is 4.04. The van der Waals surface area contributed by atoms with Crippen LogP contribution < -0.4 is 5.32 Å². The van der Waals surface area contributed by atoms with Crippen molar-refractivity contribution in [1.82, 2.24) is 15.1 Å². The molecule has 11 heteroatoms. The number of aliphatic hydroxyl groups excluding tert-OH is 1. The van der Waals surface area contributed by atoms with E-state index in [0.717, 1.165) is 17.7 Å². The molecule has 0 aliphatic carbocycles. The zero-order valence-electron chi connectivity index (χ0n) is 17.7. The van der Waals surface area contributed by atoms with Crippen molar-refractivity contribution in [1.29, 1.82) is 0 Å². The first-order valence-electron chi connectivity index (χ1n) is 10.2. The summed E-state index contributed by atoms with van der Waals surface area (Å²) in [6.45, 7) is 0.758. The molecule has 1 fully saturated rings. The van der Waals surface area contributed by atoms with Crippen molar-refractivity contribution in [3.05, 3.63) is 69.0 Å². The van der Waals surface area contributed by atoms with Crippen LogP contribution in [-0.4, -0.2) is 60.3 Å². The normalized spacial score (nSPS) is 18.8. The molecule has 2 atom stereocenters. The maximum absolute atomic E-state index is 14.0. The minimum Gasteiger partial charge on any atom is -0.395 e. The average Bonchev–Trinajstić information content (AvgIpc) is 3.19. The molecule has 180 valence electrons. The van der Waals surface area contributed by atoms with Crippen molar-refractivity contribution in [2.75, 3.05) is 33.3 Å². The second-order valence-corrected chi connectivity index (χ2v) is 8.75. The highest BCUT2D eigenvalue weighted by Gasteiger charge is 2.39.